The summed E-state index contributed by atoms with van der Waals surface area (Å²) in [5, 5.41) is 4.52. The first-order chi connectivity index (χ1) is 11.9. The fraction of sp³-hybridized carbons (Fsp3) is 0.250. The second-order valence-corrected chi connectivity index (χ2v) is 6.11. The monoisotopic (exact) mass is 366 g/mol. The minimum Gasteiger partial charge on any atom is -0.273 e. The molecule has 1 atom stereocenters. The summed E-state index contributed by atoms with van der Waals surface area (Å²) in [6.45, 7) is 0. The van der Waals surface area contributed by atoms with Crippen molar-refractivity contribution in [3.63, 3.8) is 0 Å². The van der Waals surface area contributed by atoms with Crippen LogP contribution in [-0.2, 0) is 11.0 Å². The van der Waals surface area contributed by atoms with E-state index < -0.39 is 17.7 Å². The van der Waals surface area contributed by atoms with Crippen LogP contribution >= 0.6 is 11.8 Å². The lowest BCUT2D eigenvalue weighted by atomic mass is 9.89. The highest BCUT2D eigenvalue weighted by Crippen LogP contribution is 2.32. The van der Waals surface area contributed by atoms with Gasteiger partial charge in [0, 0.05) is 12.6 Å². The number of alkyl halides is 3. The van der Waals surface area contributed by atoms with E-state index in [2.05, 4.69) is 20.5 Å². The number of thioether (sulfide) groups is 1. The van der Waals surface area contributed by atoms with E-state index in [0.717, 1.165) is 12.1 Å². The molecule has 1 aliphatic rings. The number of carbonyl (C=O) groups is 1. The molecule has 1 aromatic heterocycles. The molecule has 0 spiro atoms. The molecule has 0 saturated heterocycles. The maximum absolute atomic E-state index is 13.0. The van der Waals surface area contributed by atoms with Gasteiger partial charge in [-0.25, -0.2) is 15.4 Å². The molecule has 0 fully saturated rings. The number of amides is 1. The molecular weight excluding hydrogens is 353 g/mol. The lowest BCUT2D eigenvalue weighted by Gasteiger charge is -2.23. The average Bonchev–Trinajstić information content (AvgIpc) is 2.61. The highest BCUT2D eigenvalue weighted by molar-refractivity contribution is 7.98. The Labute approximate surface area is 145 Å². The van der Waals surface area contributed by atoms with Gasteiger partial charge in [0.05, 0.1) is 22.9 Å². The minimum absolute atomic E-state index is 0.0555. The zero-order valence-electron chi connectivity index (χ0n) is 13.0. The van der Waals surface area contributed by atoms with Crippen LogP contribution in [0.5, 0.6) is 0 Å². The van der Waals surface area contributed by atoms with Crippen LogP contribution in [0.4, 0.5) is 13.2 Å². The smallest absolute Gasteiger partial charge is 0.273 e. The number of halogens is 3. The molecule has 9 heteroatoms. The normalized spacial score (nSPS) is 17.8. The number of rotatable bonds is 3. The summed E-state index contributed by atoms with van der Waals surface area (Å²) < 4.78 is 38.9. The molecular formula is C16H13F3N4OS. The lowest BCUT2D eigenvalue weighted by Crippen LogP contribution is -2.32. The topological polar surface area (TPSA) is 67.2 Å². The van der Waals surface area contributed by atoms with Crippen molar-refractivity contribution < 1.29 is 18.0 Å². The summed E-state index contributed by atoms with van der Waals surface area (Å²) >= 11 is 1.34. The first-order valence-corrected chi connectivity index (χ1v) is 8.52. The fourth-order valence-corrected chi connectivity index (χ4v) is 2.90. The van der Waals surface area contributed by atoms with Gasteiger partial charge >= 0.3 is 6.18 Å². The molecule has 130 valence electrons. The SMILES string of the molecule is CSc1nccc(C2CC(=O)NN=C2c2cccc(C(F)(F)F)c2)n1. The Kier molecular flexibility index (Phi) is 4.76. The number of carbonyl (C=O) groups excluding carboxylic acids is 1. The molecule has 25 heavy (non-hydrogen) atoms. The van der Waals surface area contributed by atoms with Crippen molar-refractivity contribution in [1.82, 2.24) is 15.4 Å². The number of nitrogens with zero attached hydrogens (tertiary/aromatic N) is 3. The highest BCUT2D eigenvalue weighted by atomic mass is 32.2. The third-order valence-corrected chi connectivity index (χ3v) is 4.26. The Morgan fingerprint density at radius 1 is 1.28 bits per heavy atom. The zero-order valence-corrected chi connectivity index (χ0v) is 13.9. The summed E-state index contributed by atoms with van der Waals surface area (Å²) in [5.74, 6) is -0.851. The molecule has 1 aliphatic heterocycles. The Balaban J connectivity index is 2.04. The summed E-state index contributed by atoms with van der Waals surface area (Å²) in [6.07, 6.45) is -1.02. The summed E-state index contributed by atoms with van der Waals surface area (Å²) in [7, 11) is 0. The fourth-order valence-electron chi connectivity index (χ4n) is 2.54. The van der Waals surface area contributed by atoms with Gasteiger partial charge in [0.2, 0.25) is 5.91 Å². The number of aromatic nitrogens is 2. The third kappa shape index (κ3) is 3.81. The van der Waals surface area contributed by atoms with E-state index >= 15 is 0 Å². The van der Waals surface area contributed by atoms with Gasteiger partial charge in [0.15, 0.2) is 5.16 Å². The van der Waals surface area contributed by atoms with Gasteiger partial charge in [-0.15, -0.1) is 0 Å². The Hall–Kier alpha value is -2.42. The van der Waals surface area contributed by atoms with Gasteiger partial charge in [-0.3, -0.25) is 4.79 Å². The number of nitrogens with one attached hydrogen (secondary N) is 1. The van der Waals surface area contributed by atoms with Gasteiger partial charge in [-0.1, -0.05) is 23.9 Å². The molecule has 0 saturated carbocycles. The molecule has 2 heterocycles. The number of hydrogen-bond donors (Lipinski definition) is 1. The van der Waals surface area contributed by atoms with E-state index in [9.17, 15) is 18.0 Å². The van der Waals surface area contributed by atoms with Gasteiger partial charge < -0.3 is 0 Å². The minimum atomic E-state index is -4.45. The third-order valence-electron chi connectivity index (χ3n) is 3.70. The number of benzene rings is 1. The van der Waals surface area contributed by atoms with Crippen molar-refractivity contribution in [1.29, 1.82) is 0 Å². The number of hydrazone groups is 1. The van der Waals surface area contributed by atoms with Gasteiger partial charge in [-0.05, 0) is 30.0 Å². The lowest BCUT2D eigenvalue weighted by molar-refractivity contribution is -0.137. The van der Waals surface area contributed by atoms with Gasteiger partial charge in [0.25, 0.3) is 0 Å². The van der Waals surface area contributed by atoms with Gasteiger partial charge in [0.1, 0.15) is 0 Å². The Bertz CT molecular complexity index is 838. The van der Waals surface area contributed by atoms with Crippen LogP contribution in [0.15, 0.2) is 46.8 Å². The molecule has 0 aliphatic carbocycles. The molecule has 3 rings (SSSR count). The van der Waals surface area contributed by atoms with Crippen LogP contribution < -0.4 is 5.43 Å². The molecule has 1 unspecified atom stereocenters. The maximum atomic E-state index is 13.0. The summed E-state index contributed by atoms with van der Waals surface area (Å²) in [6, 6.07) is 6.53. The molecule has 1 aromatic carbocycles. The predicted molar refractivity (Wildman–Crippen MR) is 87.3 cm³/mol. The van der Waals surface area contributed by atoms with Crippen LogP contribution in [0, 0.1) is 0 Å². The highest BCUT2D eigenvalue weighted by Gasteiger charge is 2.33. The molecule has 0 radical (unpaired) electrons. The largest absolute Gasteiger partial charge is 0.416 e. The molecule has 5 nitrogen and oxygen atoms in total. The average molecular weight is 366 g/mol. The van der Waals surface area contributed by atoms with Crippen molar-refractivity contribution in [2.75, 3.05) is 6.26 Å². The van der Waals surface area contributed by atoms with E-state index in [0.29, 0.717) is 22.1 Å². The van der Waals surface area contributed by atoms with E-state index in [4.69, 9.17) is 0 Å². The molecule has 1 N–H and O–H groups in total. The van der Waals surface area contributed by atoms with Crippen LogP contribution in [0.3, 0.4) is 0 Å². The van der Waals surface area contributed by atoms with Crippen molar-refractivity contribution in [2.45, 2.75) is 23.7 Å². The van der Waals surface area contributed by atoms with Gasteiger partial charge in [-0.2, -0.15) is 18.3 Å². The van der Waals surface area contributed by atoms with Crippen LogP contribution in [0.2, 0.25) is 0 Å². The van der Waals surface area contributed by atoms with E-state index in [1.165, 1.54) is 23.9 Å². The molecule has 0 bridgehead atoms. The first-order valence-electron chi connectivity index (χ1n) is 7.29. The predicted octanol–water partition coefficient (Wildman–Crippen LogP) is 3.23. The van der Waals surface area contributed by atoms with E-state index in [1.807, 2.05) is 6.26 Å². The van der Waals surface area contributed by atoms with Crippen molar-refractivity contribution in [2.24, 2.45) is 5.10 Å². The second kappa shape index (κ2) is 6.83. The standard InChI is InChI=1S/C16H13F3N4OS/c1-25-15-20-6-5-12(21-15)11-8-13(24)22-23-14(11)9-3-2-4-10(7-9)16(17,18)19/h2-7,11H,8H2,1H3,(H,22,24). The summed E-state index contributed by atoms with van der Waals surface area (Å²) in [5.41, 5.74) is 2.75. The van der Waals surface area contributed by atoms with Crippen LogP contribution in [-0.4, -0.2) is 27.8 Å². The number of hydrogen-bond acceptors (Lipinski definition) is 5. The maximum Gasteiger partial charge on any atom is 0.416 e. The Morgan fingerprint density at radius 2 is 2.08 bits per heavy atom. The first kappa shape index (κ1) is 17.4. The van der Waals surface area contributed by atoms with E-state index in [1.54, 1.807) is 12.3 Å². The van der Waals surface area contributed by atoms with Crippen molar-refractivity contribution in [3.05, 3.63) is 53.3 Å². The zero-order chi connectivity index (χ0) is 18.0. The van der Waals surface area contributed by atoms with E-state index in [-0.39, 0.29) is 12.3 Å². The molecule has 1 amide bonds. The van der Waals surface area contributed by atoms with Crippen LogP contribution in [0.25, 0.3) is 0 Å². The summed E-state index contributed by atoms with van der Waals surface area (Å²) in [4.78, 5) is 20.2. The van der Waals surface area contributed by atoms with Crippen molar-refractivity contribution >= 4 is 23.4 Å². The van der Waals surface area contributed by atoms with Crippen LogP contribution in [0.1, 0.15) is 29.2 Å². The Morgan fingerprint density at radius 3 is 2.80 bits per heavy atom. The van der Waals surface area contributed by atoms with Crippen molar-refractivity contribution in [3.8, 4) is 0 Å². The molecule has 2 aromatic rings. The quantitative estimate of drug-likeness (QED) is 0.669. The second-order valence-electron chi connectivity index (χ2n) is 5.34.